The van der Waals surface area contributed by atoms with Crippen molar-refractivity contribution in [3.8, 4) is 0 Å². The Morgan fingerprint density at radius 3 is 2.86 bits per heavy atom. The Labute approximate surface area is 125 Å². The molecule has 7 heteroatoms. The minimum absolute atomic E-state index is 0.363. The average molecular weight is 306 g/mol. The van der Waals surface area contributed by atoms with Gasteiger partial charge in [0.2, 0.25) is 0 Å². The van der Waals surface area contributed by atoms with Crippen LogP contribution in [0.3, 0.4) is 0 Å². The standard InChI is InChI=1S/C14H14N2O4S/c17-14(18)11-7-6-10(19-11)13-15-12(16-20-13)8-21-9-4-2-1-3-5-9/h1-5,10-11H,6-8H2,(H,17,18). The van der Waals surface area contributed by atoms with Gasteiger partial charge in [-0.3, -0.25) is 0 Å². The minimum atomic E-state index is -0.947. The molecule has 0 saturated carbocycles. The maximum atomic E-state index is 10.8. The van der Waals surface area contributed by atoms with E-state index in [-0.39, 0.29) is 0 Å². The summed E-state index contributed by atoms with van der Waals surface area (Å²) in [4.78, 5) is 16.3. The number of aliphatic carboxylic acids is 1. The van der Waals surface area contributed by atoms with Crippen molar-refractivity contribution in [1.29, 1.82) is 0 Å². The van der Waals surface area contributed by atoms with E-state index in [1.54, 1.807) is 11.8 Å². The van der Waals surface area contributed by atoms with E-state index in [1.165, 1.54) is 0 Å². The summed E-state index contributed by atoms with van der Waals surface area (Å²) >= 11 is 1.61. The van der Waals surface area contributed by atoms with Crippen LogP contribution in [0.5, 0.6) is 0 Å². The van der Waals surface area contributed by atoms with E-state index in [2.05, 4.69) is 10.1 Å². The highest BCUT2D eigenvalue weighted by Gasteiger charge is 2.34. The zero-order chi connectivity index (χ0) is 14.7. The van der Waals surface area contributed by atoms with Crippen LogP contribution < -0.4 is 0 Å². The summed E-state index contributed by atoms with van der Waals surface area (Å²) in [6.07, 6.45) is -0.126. The topological polar surface area (TPSA) is 85.5 Å². The molecule has 1 aliphatic rings. The third-order valence-corrected chi connectivity index (χ3v) is 4.17. The van der Waals surface area contributed by atoms with Gasteiger partial charge in [0.15, 0.2) is 11.9 Å². The molecule has 1 aromatic carbocycles. The molecular weight excluding hydrogens is 292 g/mol. The van der Waals surface area contributed by atoms with Gasteiger partial charge in [0.1, 0.15) is 6.10 Å². The van der Waals surface area contributed by atoms with E-state index < -0.39 is 18.2 Å². The number of rotatable bonds is 5. The molecule has 6 nitrogen and oxygen atoms in total. The summed E-state index contributed by atoms with van der Waals surface area (Å²) in [5, 5.41) is 12.8. The molecule has 0 radical (unpaired) electrons. The second-order valence-corrected chi connectivity index (χ2v) is 5.73. The number of thioether (sulfide) groups is 1. The number of carboxylic acids is 1. The van der Waals surface area contributed by atoms with Crippen molar-refractivity contribution >= 4 is 17.7 Å². The van der Waals surface area contributed by atoms with Crippen molar-refractivity contribution in [3.63, 3.8) is 0 Å². The predicted molar refractivity (Wildman–Crippen MR) is 74.8 cm³/mol. The number of ether oxygens (including phenoxy) is 1. The van der Waals surface area contributed by atoms with Crippen LogP contribution in [0.15, 0.2) is 39.8 Å². The monoisotopic (exact) mass is 306 g/mol. The van der Waals surface area contributed by atoms with Crippen molar-refractivity contribution in [3.05, 3.63) is 42.0 Å². The molecule has 0 bridgehead atoms. The first kappa shape index (κ1) is 14.1. The molecular formula is C14H14N2O4S. The first-order chi connectivity index (χ1) is 10.2. The van der Waals surface area contributed by atoms with Crippen molar-refractivity contribution in [2.24, 2.45) is 0 Å². The molecule has 1 aliphatic heterocycles. The molecule has 0 amide bonds. The van der Waals surface area contributed by atoms with Gasteiger partial charge < -0.3 is 14.4 Å². The lowest BCUT2D eigenvalue weighted by molar-refractivity contribution is -0.150. The lowest BCUT2D eigenvalue weighted by Gasteiger charge is -2.05. The largest absolute Gasteiger partial charge is 0.479 e. The zero-order valence-electron chi connectivity index (χ0n) is 11.1. The number of carbonyl (C=O) groups is 1. The highest BCUT2D eigenvalue weighted by molar-refractivity contribution is 7.98. The summed E-state index contributed by atoms with van der Waals surface area (Å²) in [5.74, 6) is 0.600. The van der Waals surface area contributed by atoms with Gasteiger partial charge in [0.05, 0.1) is 5.75 Å². The van der Waals surface area contributed by atoms with E-state index in [0.717, 1.165) is 4.90 Å². The number of hydrogen-bond acceptors (Lipinski definition) is 6. The quantitative estimate of drug-likeness (QED) is 0.850. The smallest absolute Gasteiger partial charge is 0.332 e. The normalized spacial score (nSPS) is 21.5. The summed E-state index contributed by atoms with van der Waals surface area (Å²) in [6.45, 7) is 0. The molecule has 1 aromatic heterocycles. The van der Waals surface area contributed by atoms with Crippen LogP contribution in [0.4, 0.5) is 0 Å². The van der Waals surface area contributed by atoms with E-state index >= 15 is 0 Å². The molecule has 3 rings (SSSR count). The van der Waals surface area contributed by atoms with Crippen molar-refractivity contribution in [2.45, 2.75) is 35.7 Å². The van der Waals surface area contributed by atoms with E-state index in [9.17, 15) is 4.79 Å². The van der Waals surface area contributed by atoms with Crippen molar-refractivity contribution in [2.75, 3.05) is 0 Å². The first-order valence-electron chi connectivity index (χ1n) is 6.61. The first-order valence-corrected chi connectivity index (χ1v) is 7.59. The third-order valence-electron chi connectivity index (χ3n) is 3.17. The number of nitrogens with zero attached hydrogens (tertiary/aromatic N) is 2. The van der Waals surface area contributed by atoms with Gasteiger partial charge >= 0.3 is 5.97 Å². The molecule has 0 spiro atoms. The fraction of sp³-hybridized carbons (Fsp3) is 0.357. The van der Waals surface area contributed by atoms with Crippen LogP contribution in [0.1, 0.15) is 30.7 Å². The Kier molecular flexibility index (Phi) is 4.21. The van der Waals surface area contributed by atoms with Crippen molar-refractivity contribution in [1.82, 2.24) is 10.1 Å². The molecule has 2 heterocycles. The highest BCUT2D eigenvalue weighted by Crippen LogP contribution is 2.32. The zero-order valence-corrected chi connectivity index (χ0v) is 12.0. The fourth-order valence-corrected chi connectivity index (χ4v) is 2.88. The predicted octanol–water partition coefficient (Wildman–Crippen LogP) is 2.67. The van der Waals surface area contributed by atoms with Crippen LogP contribution >= 0.6 is 11.8 Å². The van der Waals surface area contributed by atoms with Gasteiger partial charge in [0, 0.05) is 4.90 Å². The fourth-order valence-electron chi connectivity index (χ4n) is 2.12. The lowest BCUT2D eigenvalue weighted by atomic mass is 10.2. The van der Waals surface area contributed by atoms with Gasteiger partial charge in [-0.25, -0.2) is 4.79 Å². The van der Waals surface area contributed by atoms with Crippen LogP contribution in [-0.2, 0) is 15.3 Å². The maximum absolute atomic E-state index is 10.8. The van der Waals surface area contributed by atoms with Crippen LogP contribution in [0.2, 0.25) is 0 Å². The van der Waals surface area contributed by atoms with Crippen molar-refractivity contribution < 1.29 is 19.2 Å². The molecule has 1 saturated heterocycles. The summed E-state index contributed by atoms with van der Waals surface area (Å²) in [7, 11) is 0. The van der Waals surface area contributed by atoms with E-state index in [0.29, 0.717) is 30.3 Å². The van der Waals surface area contributed by atoms with Gasteiger partial charge in [-0.1, -0.05) is 23.4 Å². The summed E-state index contributed by atoms with van der Waals surface area (Å²) in [6, 6.07) is 9.95. The average Bonchev–Trinajstić information content (AvgIpc) is 3.15. The molecule has 1 fully saturated rings. The van der Waals surface area contributed by atoms with E-state index in [1.807, 2.05) is 30.3 Å². The molecule has 2 unspecified atom stereocenters. The second kappa shape index (κ2) is 6.28. The van der Waals surface area contributed by atoms with Gasteiger partial charge in [-0.15, -0.1) is 11.8 Å². The summed E-state index contributed by atoms with van der Waals surface area (Å²) in [5.41, 5.74) is 0. The number of hydrogen-bond donors (Lipinski definition) is 1. The SMILES string of the molecule is O=C(O)C1CCC(c2nc(CSc3ccccc3)no2)O1. The third kappa shape index (κ3) is 3.43. The Balaban J connectivity index is 1.58. The molecule has 0 aliphatic carbocycles. The number of benzene rings is 1. The van der Waals surface area contributed by atoms with Crippen LogP contribution in [0.25, 0.3) is 0 Å². The van der Waals surface area contributed by atoms with Crippen LogP contribution in [0, 0.1) is 0 Å². The maximum Gasteiger partial charge on any atom is 0.332 e. The molecule has 1 N–H and O–H groups in total. The Hall–Kier alpha value is -1.86. The Morgan fingerprint density at radius 2 is 2.14 bits per heavy atom. The second-order valence-electron chi connectivity index (χ2n) is 4.68. The van der Waals surface area contributed by atoms with Gasteiger partial charge in [-0.05, 0) is 25.0 Å². The lowest BCUT2D eigenvalue weighted by Crippen LogP contribution is -2.18. The Bertz CT molecular complexity index is 616. The highest BCUT2D eigenvalue weighted by atomic mass is 32.2. The number of carboxylic acid groups (broad SMARTS) is 1. The molecule has 2 aromatic rings. The van der Waals surface area contributed by atoms with Gasteiger partial charge in [0.25, 0.3) is 5.89 Å². The molecule has 110 valence electrons. The molecule has 2 atom stereocenters. The minimum Gasteiger partial charge on any atom is -0.479 e. The number of aromatic nitrogens is 2. The van der Waals surface area contributed by atoms with E-state index in [4.69, 9.17) is 14.4 Å². The Morgan fingerprint density at radius 1 is 1.33 bits per heavy atom. The van der Waals surface area contributed by atoms with Gasteiger partial charge in [-0.2, -0.15) is 4.98 Å². The van der Waals surface area contributed by atoms with Crippen LogP contribution in [-0.4, -0.2) is 27.3 Å². The molecule has 21 heavy (non-hydrogen) atoms. The summed E-state index contributed by atoms with van der Waals surface area (Å²) < 4.78 is 10.6.